The van der Waals surface area contributed by atoms with E-state index in [2.05, 4.69) is 19.2 Å². The Morgan fingerprint density at radius 1 is 1.11 bits per heavy atom. The molecular formula is C21H28N2O5. The van der Waals surface area contributed by atoms with Crippen molar-refractivity contribution in [2.24, 2.45) is 11.8 Å². The zero-order valence-electron chi connectivity index (χ0n) is 16.6. The molecule has 28 heavy (non-hydrogen) atoms. The van der Waals surface area contributed by atoms with Crippen molar-refractivity contribution in [3.05, 3.63) is 29.3 Å². The van der Waals surface area contributed by atoms with Crippen LogP contribution in [-0.2, 0) is 14.3 Å². The molecule has 2 heterocycles. The summed E-state index contributed by atoms with van der Waals surface area (Å²) in [6.07, 6.45) is 0.0781. The SMILES string of the molecule is Cc1ccc(C(=O)N2CC(C)CC(C)C2)cc1NC(=O)[C@@H]1CC[C@H](C(=O)O)O1. The Morgan fingerprint density at radius 3 is 2.36 bits per heavy atom. The molecule has 0 aromatic heterocycles. The topological polar surface area (TPSA) is 95.9 Å². The number of hydrogen-bond acceptors (Lipinski definition) is 4. The molecule has 7 nitrogen and oxygen atoms in total. The minimum Gasteiger partial charge on any atom is -0.479 e. The molecule has 0 spiro atoms. The fraction of sp³-hybridized carbons (Fsp3) is 0.571. The van der Waals surface area contributed by atoms with Crippen molar-refractivity contribution >= 4 is 23.5 Å². The van der Waals surface area contributed by atoms with E-state index in [1.807, 2.05) is 17.9 Å². The molecule has 1 aromatic rings. The number of carbonyl (C=O) groups is 3. The van der Waals surface area contributed by atoms with E-state index in [0.717, 1.165) is 25.1 Å². The van der Waals surface area contributed by atoms with E-state index < -0.39 is 18.2 Å². The number of ether oxygens (including phenoxy) is 1. The summed E-state index contributed by atoms with van der Waals surface area (Å²) < 4.78 is 5.31. The van der Waals surface area contributed by atoms with Crippen molar-refractivity contribution in [3.63, 3.8) is 0 Å². The Bertz CT molecular complexity index is 768. The van der Waals surface area contributed by atoms with E-state index >= 15 is 0 Å². The molecule has 0 radical (unpaired) electrons. The molecule has 2 N–H and O–H groups in total. The third-order valence-corrected chi connectivity index (χ3v) is 5.49. The number of carboxylic acid groups (broad SMARTS) is 1. The van der Waals surface area contributed by atoms with Crippen LogP contribution in [-0.4, -0.2) is 53.1 Å². The number of piperidine rings is 1. The van der Waals surface area contributed by atoms with Crippen molar-refractivity contribution < 1.29 is 24.2 Å². The van der Waals surface area contributed by atoms with E-state index in [9.17, 15) is 14.4 Å². The second-order valence-corrected chi connectivity index (χ2v) is 8.20. The van der Waals surface area contributed by atoms with Gasteiger partial charge >= 0.3 is 5.97 Å². The number of benzene rings is 1. The van der Waals surface area contributed by atoms with Gasteiger partial charge in [0.05, 0.1) is 0 Å². The summed E-state index contributed by atoms with van der Waals surface area (Å²) in [5.74, 6) is -0.518. The number of nitrogens with one attached hydrogen (secondary N) is 1. The minimum absolute atomic E-state index is 0.0306. The zero-order chi connectivity index (χ0) is 20.4. The zero-order valence-corrected chi connectivity index (χ0v) is 16.6. The van der Waals surface area contributed by atoms with Crippen LogP contribution in [0.25, 0.3) is 0 Å². The van der Waals surface area contributed by atoms with Crippen molar-refractivity contribution in [2.75, 3.05) is 18.4 Å². The Labute approximate surface area is 165 Å². The molecule has 2 unspecified atom stereocenters. The summed E-state index contributed by atoms with van der Waals surface area (Å²) in [7, 11) is 0. The van der Waals surface area contributed by atoms with E-state index in [1.54, 1.807) is 12.1 Å². The third-order valence-electron chi connectivity index (χ3n) is 5.49. The van der Waals surface area contributed by atoms with Gasteiger partial charge in [-0.15, -0.1) is 0 Å². The molecule has 152 valence electrons. The maximum atomic E-state index is 12.9. The Balaban J connectivity index is 1.70. The molecule has 2 saturated heterocycles. The predicted molar refractivity (Wildman–Crippen MR) is 104 cm³/mol. The van der Waals surface area contributed by atoms with Gasteiger partial charge in [-0.05, 0) is 55.7 Å². The number of nitrogens with zero attached hydrogens (tertiary/aromatic N) is 1. The smallest absolute Gasteiger partial charge is 0.332 e. The molecule has 4 atom stereocenters. The van der Waals surface area contributed by atoms with Gasteiger partial charge in [0.25, 0.3) is 11.8 Å². The molecule has 7 heteroatoms. The van der Waals surface area contributed by atoms with Crippen LogP contribution in [0.4, 0.5) is 5.69 Å². The number of hydrogen-bond donors (Lipinski definition) is 2. The average molecular weight is 388 g/mol. The van der Waals surface area contributed by atoms with Gasteiger partial charge in [0, 0.05) is 24.3 Å². The largest absolute Gasteiger partial charge is 0.479 e. The Hall–Kier alpha value is -2.41. The van der Waals surface area contributed by atoms with Crippen LogP contribution in [0.5, 0.6) is 0 Å². The number of carboxylic acids is 1. The monoisotopic (exact) mass is 388 g/mol. The van der Waals surface area contributed by atoms with Gasteiger partial charge in [-0.1, -0.05) is 19.9 Å². The van der Waals surface area contributed by atoms with Gasteiger partial charge in [-0.3, -0.25) is 9.59 Å². The standard InChI is InChI=1S/C21H28N2O5/c1-12-8-13(2)11-23(10-12)20(25)15-5-4-14(3)16(9-15)22-19(24)17-6-7-18(28-17)21(26)27/h4-5,9,12-13,17-18H,6-8,10-11H2,1-3H3,(H,22,24)(H,26,27)/t12?,13?,17-,18+/m0/s1. The normalized spacial score (nSPS) is 27.5. The highest BCUT2D eigenvalue weighted by atomic mass is 16.5. The minimum atomic E-state index is -1.05. The van der Waals surface area contributed by atoms with Gasteiger partial charge in [-0.2, -0.15) is 0 Å². The molecule has 2 aliphatic rings. The molecule has 2 fully saturated rings. The maximum absolute atomic E-state index is 12.9. The lowest BCUT2D eigenvalue weighted by Crippen LogP contribution is -2.42. The molecule has 1 aromatic carbocycles. The fourth-order valence-corrected chi connectivity index (χ4v) is 4.13. The molecule has 3 rings (SSSR count). The second kappa shape index (κ2) is 8.31. The quantitative estimate of drug-likeness (QED) is 0.827. The van der Waals surface area contributed by atoms with Gasteiger partial charge in [-0.25, -0.2) is 4.79 Å². The number of likely N-dealkylation sites (tertiary alicyclic amines) is 1. The summed E-state index contributed by atoms with van der Waals surface area (Å²) in [4.78, 5) is 38.3. The number of aliphatic carboxylic acids is 1. The van der Waals surface area contributed by atoms with Crippen LogP contribution in [0, 0.1) is 18.8 Å². The third kappa shape index (κ3) is 4.52. The average Bonchev–Trinajstić information content (AvgIpc) is 3.13. The fourth-order valence-electron chi connectivity index (χ4n) is 4.13. The van der Waals surface area contributed by atoms with Crippen molar-refractivity contribution in [3.8, 4) is 0 Å². The van der Waals surface area contributed by atoms with E-state index in [-0.39, 0.29) is 11.8 Å². The lowest BCUT2D eigenvalue weighted by molar-refractivity contribution is -0.150. The van der Waals surface area contributed by atoms with Crippen LogP contribution in [0.3, 0.4) is 0 Å². The van der Waals surface area contributed by atoms with Gasteiger partial charge in [0.1, 0.15) is 6.10 Å². The van der Waals surface area contributed by atoms with Crippen LogP contribution in [0.2, 0.25) is 0 Å². The Kier molecular flexibility index (Phi) is 6.03. The highest BCUT2D eigenvalue weighted by Gasteiger charge is 2.35. The molecule has 0 aliphatic carbocycles. The second-order valence-electron chi connectivity index (χ2n) is 8.20. The van der Waals surface area contributed by atoms with Crippen LogP contribution < -0.4 is 5.32 Å². The molecule has 2 aliphatic heterocycles. The highest BCUT2D eigenvalue weighted by Crippen LogP contribution is 2.26. The van der Waals surface area contributed by atoms with Crippen LogP contribution in [0.1, 0.15) is 49.0 Å². The summed E-state index contributed by atoms with van der Waals surface area (Å²) in [6, 6.07) is 5.29. The maximum Gasteiger partial charge on any atom is 0.332 e. The molecule has 0 saturated carbocycles. The Morgan fingerprint density at radius 2 is 1.75 bits per heavy atom. The number of rotatable bonds is 4. The van der Waals surface area contributed by atoms with Crippen molar-refractivity contribution in [2.45, 2.75) is 52.2 Å². The predicted octanol–water partition coefficient (Wildman–Crippen LogP) is 2.68. The summed E-state index contributed by atoms with van der Waals surface area (Å²) in [5.41, 5.74) is 1.92. The molecular weight excluding hydrogens is 360 g/mol. The highest BCUT2D eigenvalue weighted by molar-refractivity contribution is 5.99. The lowest BCUT2D eigenvalue weighted by atomic mass is 9.91. The van der Waals surface area contributed by atoms with Gasteiger partial charge in [0.15, 0.2) is 6.10 Å². The first-order valence-corrected chi connectivity index (χ1v) is 9.83. The first-order chi connectivity index (χ1) is 13.2. The number of carbonyl (C=O) groups excluding carboxylic acids is 2. The number of amides is 2. The summed E-state index contributed by atoms with van der Waals surface area (Å²) in [5, 5.41) is 11.8. The first kappa shape index (κ1) is 20.3. The van der Waals surface area contributed by atoms with Gasteiger partial charge in [0.2, 0.25) is 0 Å². The number of anilines is 1. The van der Waals surface area contributed by atoms with Crippen LogP contribution in [0.15, 0.2) is 18.2 Å². The summed E-state index contributed by atoms with van der Waals surface area (Å²) in [6.45, 7) is 7.65. The molecule has 2 amide bonds. The first-order valence-electron chi connectivity index (χ1n) is 9.83. The summed E-state index contributed by atoms with van der Waals surface area (Å²) >= 11 is 0. The van der Waals surface area contributed by atoms with E-state index in [4.69, 9.17) is 9.84 Å². The molecule has 0 bridgehead atoms. The van der Waals surface area contributed by atoms with E-state index in [1.165, 1.54) is 0 Å². The van der Waals surface area contributed by atoms with Crippen molar-refractivity contribution in [1.29, 1.82) is 0 Å². The van der Waals surface area contributed by atoms with Gasteiger partial charge < -0.3 is 20.1 Å². The van der Waals surface area contributed by atoms with E-state index in [0.29, 0.717) is 35.9 Å². The lowest BCUT2D eigenvalue weighted by Gasteiger charge is -2.35. The number of aryl methyl sites for hydroxylation is 1. The van der Waals surface area contributed by atoms with Crippen LogP contribution >= 0.6 is 0 Å². The van der Waals surface area contributed by atoms with Crippen molar-refractivity contribution in [1.82, 2.24) is 4.90 Å².